The zero-order valence-electron chi connectivity index (χ0n) is 23.0. The van der Waals surface area contributed by atoms with Gasteiger partial charge in [0.05, 0.1) is 0 Å². The molecule has 0 N–H and O–H groups in total. The fraction of sp³-hybridized carbons (Fsp3) is 0.576. The Bertz CT molecular complexity index is 1010. The number of carbonyl (C=O) groups excluding carboxylic acids is 2. The van der Waals surface area contributed by atoms with Crippen molar-refractivity contribution in [2.75, 3.05) is 39.3 Å². The van der Waals surface area contributed by atoms with Crippen LogP contribution in [0, 0.1) is 0 Å². The Balaban J connectivity index is 1.11. The van der Waals surface area contributed by atoms with Gasteiger partial charge >= 0.3 is 0 Å². The number of hydrogen-bond donors (Lipinski definition) is 0. The van der Waals surface area contributed by atoms with Gasteiger partial charge in [-0.1, -0.05) is 12.8 Å². The lowest BCUT2D eigenvalue weighted by Crippen LogP contribution is -2.30. The van der Waals surface area contributed by atoms with Crippen LogP contribution in [-0.2, 0) is 6.42 Å². The summed E-state index contributed by atoms with van der Waals surface area (Å²) in [4.78, 5) is 30.9. The van der Waals surface area contributed by atoms with E-state index in [1.54, 1.807) is 0 Å². The maximum absolute atomic E-state index is 12.9. The van der Waals surface area contributed by atoms with Crippen molar-refractivity contribution in [2.45, 2.75) is 83.5 Å². The first-order valence-electron chi connectivity index (χ1n) is 15.1. The molecule has 5 heteroatoms. The highest BCUT2D eigenvalue weighted by molar-refractivity contribution is 5.97. The van der Waals surface area contributed by atoms with E-state index in [-0.39, 0.29) is 11.6 Å². The Hall–Kier alpha value is -2.50. The fourth-order valence-corrected chi connectivity index (χ4v) is 6.20. The van der Waals surface area contributed by atoms with Crippen molar-refractivity contribution in [3.8, 4) is 11.5 Å². The van der Waals surface area contributed by atoms with E-state index in [1.807, 2.05) is 36.4 Å². The first-order valence-corrected chi connectivity index (χ1v) is 15.1. The summed E-state index contributed by atoms with van der Waals surface area (Å²) in [5.74, 6) is 2.06. The van der Waals surface area contributed by atoms with Gasteiger partial charge in [0.25, 0.3) is 0 Å². The van der Waals surface area contributed by atoms with Gasteiger partial charge in [-0.2, -0.15) is 0 Å². The van der Waals surface area contributed by atoms with Crippen LogP contribution >= 0.6 is 0 Å². The molecular formula is C33H44N2O3. The summed E-state index contributed by atoms with van der Waals surface area (Å²) in [7, 11) is 0. The smallest absolute Gasteiger partial charge is 0.162 e. The number of nitrogens with zero attached hydrogens (tertiary/aromatic N) is 2. The lowest BCUT2D eigenvalue weighted by Gasteiger charge is -2.26. The summed E-state index contributed by atoms with van der Waals surface area (Å²) >= 11 is 0. The Labute approximate surface area is 228 Å². The monoisotopic (exact) mass is 516 g/mol. The third-order valence-corrected chi connectivity index (χ3v) is 8.52. The number of benzene rings is 2. The Morgan fingerprint density at radius 3 is 1.50 bits per heavy atom. The Morgan fingerprint density at radius 2 is 1.05 bits per heavy atom. The molecule has 0 atom stereocenters. The van der Waals surface area contributed by atoms with E-state index >= 15 is 0 Å². The van der Waals surface area contributed by atoms with Crippen LogP contribution in [0.5, 0.6) is 11.5 Å². The summed E-state index contributed by atoms with van der Waals surface area (Å²) in [6.07, 6.45) is 13.9. The largest absolute Gasteiger partial charge is 0.457 e. The van der Waals surface area contributed by atoms with Crippen LogP contribution in [0.15, 0.2) is 36.4 Å². The molecule has 0 saturated carbocycles. The van der Waals surface area contributed by atoms with Crippen molar-refractivity contribution in [3.63, 3.8) is 0 Å². The van der Waals surface area contributed by atoms with E-state index in [9.17, 15) is 9.59 Å². The van der Waals surface area contributed by atoms with E-state index < -0.39 is 0 Å². The zero-order chi connectivity index (χ0) is 26.2. The number of ketones is 2. The second kappa shape index (κ2) is 13.5. The van der Waals surface area contributed by atoms with Gasteiger partial charge in [-0.25, -0.2) is 0 Å². The van der Waals surface area contributed by atoms with Gasteiger partial charge in [-0.3, -0.25) is 9.59 Å². The van der Waals surface area contributed by atoms with Crippen molar-refractivity contribution >= 4 is 11.6 Å². The number of unbranched alkanes of at least 4 members (excludes halogenated alkanes) is 2. The molecule has 2 aromatic rings. The minimum atomic E-state index is 0.214. The standard InChI is InChI=1S/C33H44N2O3/c36-30(11-3-9-21-34-17-5-1-6-18-34)26-13-15-32-28(23-26)25-29-24-27(14-16-33(29)38-32)31(37)12-4-10-22-35-19-7-2-8-20-35/h13-16,23-24H,1-12,17-22,25H2. The van der Waals surface area contributed by atoms with Crippen LogP contribution in [0.3, 0.4) is 0 Å². The molecule has 0 radical (unpaired) electrons. The molecule has 2 aromatic carbocycles. The minimum Gasteiger partial charge on any atom is -0.457 e. The number of carbonyl (C=O) groups is 2. The molecule has 204 valence electrons. The molecule has 38 heavy (non-hydrogen) atoms. The number of fused-ring (bicyclic) bond motifs is 2. The summed E-state index contributed by atoms with van der Waals surface area (Å²) < 4.78 is 6.14. The summed E-state index contributed by atoms with van der Waals surface area (Å²) in [5, 5.41) is 0. The highest BCUT2D eigenvalue weighted by Gasteiger charge is 2.21. The third-order valence-electron chi connectivity index (χ3n) is 8.52. The first-order chi connectivity index (χ1) is 18.7. The van der Waals surface area contributed by atoms with Crippen molar-refractivity contribution in [1.29, 1.82) is 0 Å². The van der Waals surface area contributed by atoms with Gasteiger partial charge < -0.3 is 14.5 Å². The molecular weight excluding hydrogens is 472 g/mol. The number of rotatable bonds is 12. The van der Waals surface area contributed by atoms with Gasteiger partial charge in [-0.15, -0.1) is 0 Å². The quantitative estimate of drug-likeness (QED) is 0.190. The lowest BCUT2D eigenvalue weighted by molar-refractivity contribution is 0.0969. The van der Waals surface area contributed by atoms with Crippen LogP contribution in [0.1, 0.15) is 109 Å². The van der Waals surface area contributed by atoms with Crippen molar-refractivity contribution < 1.29 is 14.3 Å². The third kappa shape index (κ3) is 7.33. The second-order valence-corrected chi connectivity index (χ2v) is 11.5. The predicted octanol–water partition coefficient (Wildman–Crippen LogP) is 7.06. The average Bonchev–Trinajstić information content (AvgIpc) is 2.96. The van der Waals surface area contributed by atoms with Crippen LogP contribution in [0.25, 0.3) is 0 Å². The van der Waals surface area contributed by atoms with Gasteiger partial charge in [-0.05, 0) is 127 Å². The van der Waals surface area contributed by atoms with Crippen molar-refractivity contribution in [1.82, 2.24) is 9.80 Å². The van der Waals surface area contributed by atoms with Crippen molar-refractivity contribution in [3.05, 3.63) is 58.7 Å². The van der Waals surface area contributed by atoms with Gasteiger partial charge in [0, 0.05) is 41.5 Å². The SMILES string of the molecule is O=C(CCCCN1CCCCC1)c1ccc2c(c1)Cc1cc(C(=O)CCCCN3CCCCC3)ccc1O2. The van der Waals surface area contributed by atoms with Crippen molar-refractivity contribution in [2.24, 2.45) is 0 Å². The zero-order valence-corrected chi connectivity index (χ0v) is 23.0. The molecule has 0 bridgehead atoms. The maximum Gasteiger partial charge on any atom is 0.162 e. The highest BCUT2D eigenvalue weighted by atomic mass is 16.5. The van der Waals surface area contributed by atoms with E-state index in [4.69, 9.17) is 4.74 Å². The minimum absolute atomic E-state index is 0.214. The summed E-state index contributed by atoms with van der Waals surface area (Å²) in [5.41, 5.74) is 3.61. The molecule has 3 aliphatic rings. The fourth-order valence-electron chi connectivity index (χ4n) is 6.20. The van der Waals surface area contributed by atoms with Crippen LogP contribution in [-0.4, -0.2) is 60.6 Å². The molecule has 0 aliphatic carbocycles. The van der Waals surface area contributed by atoms with Crippen LogP contribution in [0.2, 0.25) is 0 Å². The molecule has 5 rings (SSSR count). The van der Waals surface area contributed by atoms with E-state index in [0.29, 0.717) is 19.3 Å². The molecule has 0 unspecified atom stereocenters. The maximum atomic E-state index is 12.9. The lowest BCUT2D eigenvalue weighted by atomic mass is 9.94. The van der Waals surface area contributed by atoms with Gasteiger partial charge in [0.1, 0.15) is 11.5 Å². The molecule has 0 amide bonds. The average molecular weight is 517 g/mol. The van der Waals surface area contributed by atoms with Crippen LogP contribution < -0.4 is 4.74 Å². The number of Topliss-reactive ketones (excluding diaryl/α,β-unsaturated/α-hetero) is 2. The van der Waals surface area contributed by atoms with Crippen LogP contribution in [0.4, 0.5) is 0 Å². The topological polar surface area (TPSA) is 49.9 Å². The molecule has 2 saturated heterocycles. The van der Waals surface area contributed by atoms with E-state index in [2.05, 4.69) is 9.80 Å². The number of likely N-dealkylation sites (tertiary alicyclic amines) is 2. The number of hydrogen-bond acceptors (Lipinski definition) is 5. The molecule has 0 spiro atoms. The van der Waals surface area contributed by atoms with E-state index in [0.717, 1.165) is 72.5 Å². The molecule has 3 heterocycles. The molecule has 5 nitrogen and oxygen atoms in total. The number of piperidine rings is 2. The van der Waals surface area contributed by atoms with Gasteiger partial charge in [0.15, 0.2) is 11.6 Å². The molecule has 3 aliphatic heterocycles. The Morgan fingerprint density at radius 1 is 0.605 bits per heavy atom. The first kappa shape index (κ1) is 27.1. The highest BCUT2D eigenvalue weighted by Crippen LogP contribution is 2.37. The van der Waals surface area contributed by atoms with E-state index in [1.165, 1.54) is 64.7 Å². The normalized spacial score (nSPS) is 17.9. The Kier molecular flexibility index (Phi) is 9.64. The summed E-state index contributed by atoms with van der Waals surface area (Å²) in [6.45, 7) is 7.08. The second-order valence-electron chi connectivity index (χ2n) is 11.5. The molecule has 2 fully saturated rings. The summed E-state index contributed by atoms with van der Waals surface area (Å²) in [6, 6.07) is 11.7. The number of ether oxygens (including phenoxy) is 1. The predicted molar refractivity (Wildman–Crippen MR) is 153 cm³/mol. The molecule has 0 aromatic heterocycles. The van der Waals surface area contributed by atoms with Gasteiger partial charge in [0.2, 0.25) is 0 Å².